The van der Waals surface area contributed by atoms with Gasteiger partial charge in [-0.15, -0.1) is 0 Å². The maximum atomic E-state index is 12.8. The third-order valence-electron chi connectivity index (χ3n) is 7.34. The number of hydrogen-bond donors (Lipinski definition) is 1. The van der Waals surface area contributed by atoms with Crippen molar-refractivity contribution in [1.82, 2.24) is 9.88 Å². The summed E-state index contributed by atoms with van der Waals surface area (Å²) in [7, 11) is 0. The molecule has 0 saturated carbocycles. The number of hydrogen-bond acceptors (Lipinski definition) is 5. The van der Waals surface area contributed by atoms with Crippen LogP contribution < -0.4 is 15.4 Å². The molecule has 38 heavy (non-hydrogen) atoms. The highest BCUT2D eigenvalue weighted by atomic mass is 16.5. The van der Waals surface area contributed by atoms with Crippen molar-refractivity contribution < 1.29 is 14.3 Å². The molecule has 2 aromatic carbocycles. The number of nitrogens with zero attached hydrogens (tertiary/aromatic N) is 3. The van der Waals surface area contributed by atoms with Crippen molar-refractivity contribution in [2.24, 2.45) is 11.7 Å². The number of primary amides is 1. The van der Waals surface area contributed by atoms with Gasteiger partial charge in [0.05, 0.1) is 0 Å². The van der Waals surface area contributed by atoms with E-state index in [1.165, 1.54) is 0 Å². The largest absolute Gasteiger partial charge is 0.489 e. The average Bonchev–Trinajstić information content (AvgIpc) is 2.96. The molecule has 2 heterocycles. The molecule has 1 unspecified atom stereocenters. The zero-order valence-corrected chi connectivity index (χ0v) is 22.2. The molecule has 0 bridgehead atoms. The van der Waals surface area contributed by atoms with Gasteiger partial charge < -0.3 is 20.3 Å². The molecule has 1 aromatic heterocycles. The summed E-state index contributed by atoms with van der Waals surface area (Å²) >= 11 is 0. The smallest absolute Gasteiger partial charge is 0.222 e. The second-order valence-electron chi connectivity index (χ2n) is 10.0. The second-order valence-corrected chi connectivity index (χ2v) is 10.0. The summed E-state index contributed by atoms with van der Waals surface area (Å²) in [5.74, 6) is 0.553. The molecule has 0 spiro atoms. The van der Waals surface area contributed by atoms with Crippen LogP contribution in [0.1, 0.15) is 43.7 Å². The lowest BCUT2D eigenvalue weighted by atomic mass is 9.99. The standard InChI is InChI=1S/C31H38N4O3/c1-24(31(32)37)15-22-35(27-8-10-29(11-9-27)38-23-26-5-3-2-4-6-26)28-16-20-34(21-17-28)30(36)12-7-25-13-18-33-19-14-25/h2-6,8-11,13-14,18-19,24,28H,7,12,15-17,20-23H2,1H3,(H2,32,37). The molecule has 3 aromatic rings. The molecule has 1 saturated heterocycles. The molecular formula is C31H38N4O3. The first-order valence-electron chi connectivity index (χ1n) is 13.5. The van der Waals surface area contributed by atoms with Crippen molar-refractivity contribution >= 4 is 17.5 Å². The third kappa shape index (κ3) is 7.81. The lowest BCUT2D eigenvalue weighted by molar-refractivity contribution is -0.132. The fraction of sp³-hybridized carbons (Fsp3) is 0.387. The van der Waals surface area contributed by atoms with Crippen LogP contribution in [0.3, 0.4) is 0 Å². The summed E-state index contributed by atoms with van der Waals surface area (Å²) in [4.78, 5) is 32.9. The molecule has 2 N–H and O–H groups in total. The number of carbonyl (C=O) groups is 2. The molecule has 1 fully saturated rings. The van der Waals surface area contributed by atoms with E-state index < -0.39 is 0 Å². The minimum absolute atomic E-state index is 0.194. The molecule has 1 aliphatic rings. The van der Waals surface area contributed by atoms with Crippen molar-refractivity contribution in [1.29, 1.82) is 0 Å². The van der Waals surface area contributed by atoms with E-state index in [9.17, 15) is 9.59 Å². The second kappa shape index (κ2) is 13.6. The van der Waals surface area contributed by atoms with Crippen LogP contribution in [0.4, 0.5) is 5.69 Å². The number of ether oxygens (including phenoxy) is 1. The fourth-order valence-electron chi connectivity index (χ4n) is 4.86. The molecule has 0 radical (unpaired) electrons. The number of likely N-dealkylation sites (tertiary alicyclic amines) is 1. The fourth-order valence-corrected chi connectivity index (χ4v) is 4.86. The summed E-state index contributed by atoms with van der Waals surface area (Å²) in [5.41, 5.74) is 8.89. The Hall–Kier alpha value is -3.87. The summed E-state index contributed by atoms with van der Waals surface area (Å²) in [6.07, 6.45) is 7.24. The van der Waals surface area contributed by atoms with Crippen LogP contribution in [0.25, 0.3) is 0 Å². The normalized spacial score (nSPS) is 14.6. The van der Waals surface area contributed by atoms with Crippen LogP contribution in [0, 0.1) is 5.92 Å². The van der Waals surface area contributed by atoms with Gasteiger partial charge in [0, 0.05) is 56.1 Å². The third-order valence-corrected chi connectivity index (χ3v) is 7.34. The molecule has 1 atom stereocenters. The predicted octanol–water partition coefficient (Wildman–Crippen LogP) is 4.60. The number of aryl methyl sites for hydroxylation is 1. The number of aromatic nitrogens is 1. The molecule has 7 heteroatoms. The van der Waals surface area contributed by atoms with E-state index in [0.29, 0.717) is 19.4 Å². The molecule has 2 amide bonds. The summed E-state index contributed by atoms with van der Waals surface area (Å²) in [5, 5.41) is 0. The highest BCUT2D eigenvalue weighted by Crippen LogP contribution is 2.27. The van der Waals surface area contributed by atoms with Crippen LogP contribution >= 0.6 is 0 Å². The minimum Gasteiger partial charge on any atom is -0.489 e. The van der Waals surface area contributed by atoms with Gasteiger partial charge in [-0.1, -0.05) is 37.3 Å². The molecule has 200 valence electrons. The number of nitrogens with two attached hydrogens (primary N) is 1. The number of amides is 2. The van der Waals surface area contributed by atoms with Crippen molar-refractivity contribution in [3.8, 4) is 5.75 Å². The Balaban J connectivity index is 1.35. The van der Waals surface area contributed by atoms with Gasteiger partial charge in [-0.3, -0.25) is 14.6 Å². The summed E-state index contributed by atoms with van der Waals surface area (Å²) in [6.45, 7) is 4.60. The van der Waals surface area contributed by atoms with Crippen molar-refractivity contribution in [2.75, 3.05) is 24.5 Å². The van der Waals surface area contributed by atoms with Gasteiger partial charge in [-0.05, 0) is 73.2 Å². The summed E-state index contributed by atoms with van der Waals surface area (Å²) < 4.78 is 5.97. The maximum Gasteiger partial charge on any atom is 0.222 e. The van der Waals surface area contributed by atoms with Gasteiger partial charge in [0.2, 0.25) is 11.8 Å². The molecular weight excluding hydrogens is 476 g/mol. The Morgan fingerprint density at radius 1 is 1.00 bits per heavy atom. The van der Waals surface area contributed by atoms with E-state index >= 15 is 0 Å². The van der Waals surface area contributed by atoms with E-state index in [1.807, 2.05) is 66.4 Å². The summed E-state index contributed by atoms with van der Waals surface area (Å²) in [6, 6.07) is 22.5. The van der Waals surface area contributed by atoms with E-state index in [4.69, 9.17) is 10.5 Å². The highest BCUT2D eigenvalue weighted by molar-refractivity contribution is 5.77. The lowest BCUT2D eigenvalue weighted by Crippen LogP contribution is -2.47. The molecule has 0 aliphatic carbocycles. The van der Waals surface area contributed by atoms with Crippen LogP contribution in [0.5, 0.6) is 5.75 Å². The Labute approximate surface area is 225 Å². The number of benzene rings is 2. The zero-order valence-electron chi connectivity index (χ0n) is 22.2. The van der Waals surface area contributed by atoms with E-state index in [0.717, 1.165) is 61.5 Å². The molecule has 4 rings (SSSR count). The van der Waals surface area contributed by atoms with Crippen molar-refractivity contribution in [3.63, 3.8) is 0 Å². The minimum atomic E-state index is -0.274. The van der Waals surface area contributed by atoms with Crippen molar-refractivity contribution in [3.05, 3.63) is 90.3 Å². The monoisotopic (exact) mass is 514 g/mol. The number of pyridine rings is 1. The van der Waals surface area contributed by atoms with Gasteiger partial charge in [-0.2, -0.15) is 0 Å². The first kappa shape index (κ1) is 27.2. The van der Waals surface area contributed by atoms with Crippen LogP contribution in [0.15, 0.2) is 79.1 Å². The number of rotatable bonds is 12. The number of piperidine rings is 1. The zero-order chi connectivity index (χ0) is 26.7. The van der Waals surface area contributed by atoms with Gasteiger partial charge in [0.15, 0.2) is 0 Å². The first-order valence-corrected chi connectivity index (χ1v) is 13.5. The average molecular weight is 515 g/mol. The van der Waals surface area contributed by atoms with Gasteiger partial charge in [0.1, 0.15) is 12.4 Å². The SMILES string of the molecule is CC(CCN(c1ccc(OCc2ccccc2)cc1)C1CCN(C(=O)CCc2ccncc2)CC1)C(N)=O. The molecule has 1 aliphatic heterocycles. The van der Waals surface area contributed by atoms with Gasteiger partial charge in [0.25, 0.3) is 0 Å². The van der Waals surface area contributed by atoms with E-state index in [-0.39, 0.29) is 23.8 Å². The quantitative estimate of drug-likeness (QED) is 0.382. The highest BCUT2D eigenvalue weighted by Gasteiger charge is 2.27. The van der Waals surface area contributed by atoms with E-state index in [1.54, 1.807) is 12.4 Å². The Bertz CT molecular complexity index is 1150. The Morgan fingerprint density at radius 2 is 1.68 bits per heavy atom. The molecule has 7 nitrogen and oxygen atoms in total. The maximum absolute atomic E-state index is 12.8. The number of anilines is 1. The van der Waals surface area contributed by atoms with Crippen LogP contribution in [-0.4, -0.2) is 47.4 Å². The Kier molecular flexibility index (Phi) is 9.73. The van der Waals surface area contributed by atoms with Crippen molar-refractivity contribution in [2.45, 2.75) is 51.7 Å². The Morgan fingerprint density at radius 3 is 2.34 bits per heavy atom. The predicted molar refractivity (Wildman–Crippen MR) is 150 cm³/mol. The van der Waals surface area contributed by atoms with Crippen LogP contribution in [0.2, 0.25) is 0 Å². The lowest BCUT2D eigenvalue weighted by Gasteiger charge is -2.40. The van der Waals surface area contributed by atoms with E-state index in [2.05, 4.69) is 22.0 Å². The van der Waals surface area contributed by atoms with Gasteiger partial charge >= 0.3 is 0 Å². The van der Waals surface area contributed by atoms with Gasteiger partial charge in [-0.25, -0.2) is 0 Å². The topological polar surface area (TPSA) is 88.8 Å². The first-order chi connectivity index (χ1) is 18.5. The van der Waals surface area contributed by atoms with Crippen LogP contribution in [-0.2, 0) is 22.6 Å². The number of carbonyl (C=O) groups excluding carboxylic acids is 2.